The van der Waals surface area contributed by atoms with Crippen LogP contribution < -0.4 is 0 Å². The van der Waals surface area contributed by atoms with Crippen molar-refractivity contribution in [2.24, 2.45) is 0 Å². The van der Waals surface area contributed by atoms with Gasteiger partial charge >= 0.3 is 5.97 Å². The summed E-state index contributed by atoms with van der Waals surface area (Å²) in [6.45, 7) is 1.84. The van der Waals surface area contributed by atoms with Crippen molar-refractivity contribution in [3.8, 4) is 11.3 Å². The second kappa shape index (κ2) is 5.61. The van der Waals surface area contributed by atoms with Crippen molar-refractivity contribution >= 4 is 50.1 Å². The third kappa shape index (κ3) is 2.28. The molecule has 0 bridgehead atoms. The van der Waals surface area contributed by atoms with Gasteiger partial charge in [-0.05, 0) is 42.7 Å². The minimum absolute atomic E-state index is 0.0912. The van der Waals surface area contributed by atoms with E-state index in [0.717, 1.165) is 37.9 Å². The molecule has 2 aromatic carbocycles. The highest BCUT2D eigenvalue weighted by atomic mass is 35.5. The van der Waals surface area contributed by atoms with Gasteiger partial charge in [0.15, 0.2) is 0 Å². The van der Waals surface area contributed by atoms with Gasteiger partial charge in [-0.3, -0.25) is 4.79 Å². The summed E-state index contributed by atoms with van der Waals surface area (Å²) in [5.41, 5.74) is 3.56. The van der Waals surface area contributed by atoms with Crippen LogP contribution in [0.4, 0.5) is 0 Å². The zero-order chi connectivity index (χ0) is 16.8. The van der Waals surface area contributed by atoms with E-state index in [4.69, 9.17) is 11.6 Å². The first-order valence-corrected chi connectivity index (χ1v) is 8.56. The van der Waals surface area contributed by atoms with Crippen LogP contribution in [-0.4, -0.2) is 20.0 Å². The molecule has 1 N–H and O–H groups in total. The maximum atomic E-state index is 11.3. The molecule has 0 saturated carbocycles. The number of halogens is 1. The molecule has 0 amide bonds. The number of benzene rings is 2. The van der Waals surface area contributed by atoms with Gasteiger partial charge in [0, 0.05) is 32.6 Å². The van der Waals surface area contributed by atoms with E-state index in [1.165, 1.54) is 11.5 Å². The molecule has 4 rings (SSSR count). The van der Waals surface area contributed by atoms with Crippen LogP contribution in [0.15, 0.2) is 42.5 Å². The maximum Gasteiger partial charge on any atom is 0.323 e. The van der Waals surface area contributed by atoms with Crippen molar-refractivity contribution in [3.63, 3.8) is 0 Å². The quantitative estimate of drug-likeness (QED) is 0.564. The number of hydrogen-bond donors (Lipinski definition) is 1. The Morgan fingerprint density at radius 3 is 2.83 bits per heavy atom. The average molecular weight is 357 g/mol. The molecule has 2 heterocycles. The van der Waals surface area contributed by atoms with Gasteiger partial charge in [-0.1, -0.05) is 29.8 Å². The van der Waals surface area contributed by atoms with Gasteiger partial charge in [-0.2, -0.15) is 4.37 Å². The number of aliphatic carboxylic acids is 1. The summed E-state index contributed by atoms with van der Waals surface area (Å²) in [5, 5.41) is 11.9. The molecular formula is C18H13ClN2O2S. The van der Waals surface area contributed by atoms with Crippen LogP contribution in [0.2, 0.25) is 5.02 Å². The van der Waals surface area contributed by atoms with E-state index in [9.17, 15) is 9.90 Å². The summed E-state index contributed by atoms with van der Waals surface area (Å²) in [6.07, 6.45) is 0. The number of carboxylic acid groups (broad SMARTS) is 1. The minimum atomic E-state index is -0.875. The van der Waals surface area contributed by atoms with Gasteiger partial charge in [0.25, 0.3) is 0 Å². The van der Waals surface area contributed by atoms with Crippen molar-refractivity contribution in [3.05, 3.63) is 53.2 Å². The summed E-state index contributed by atoms with van der Waals surface area (Å²) in [5.74, 6) is -0.875. The van der Waals surface area contributed by atoms with Crippen molar-refractivity contribution in [2.45, 2.75) is 13.5 Å². The highest BCUT2D eigenvalue weighted by Gasteiger charge is 2.20. The second-order valence-corrected chi connectivity index (χ2v) is 6.87. The van der Waals surface area contributed by atoms with Gasteiger partial charge in [0.2, 0.25) is 0 Å². The van der Waals surface area contributed by atoms with E-state index in [0.29, 0.717) is 5.02 Å². The molecule has 2 aromatic heterocycles. The molecular weight excluding hydrogens is 344 g/mol. The monoisotopic (exact) mass is 356 g/mol. The van der Waals surface area contributed by atoms with Crippen molar-refractivity contribution in [1.82, 2.24) is 8.94 Å². The van der Waals surface area contributed by atoms with Crippen molar-refractivity contribution in [2.75, 3.05) is 0 Å². The SMILES string of the molecule is Cc1c(-c2nsc3ccccc23)c2cc(Cl)ccc2n1CC(=O)O. The lowest BCUT2D eigenvalue weighted by molar-refractivity contribution is -0.137. The molecule has 6 heteroatoms. The van der Waals surface area contributed by atoms with Gasteiger partial charge in [0.05, 0.1) is 10.4 Å². The summed E-state index contributed by atoms with van der Waals surface area (Å²) >= 11 is 7.64. The lowest BCUT2D eigenvalue weighted by atomic mass is 10.0. The Labute approximate surface area is 147 Å². The molecule has 0 spiro atoms. The van der Waals surface area contributed by atoms with Crippen LogP contribution in [0.1, 0.15) is 5.69 Å². The van der Waals surface area contributed by atoms with Crippen LogP contribution >= 0.6 is 23.1 Å². The van der Waals surface area contributed by atoms with Gasteiger partial charge < -0.3 is 9.67 Å². The Bertz CT molecular complexity index is 1100. The highest BCUT2D eigenvalue weighted by Crippen LogP contribution is 2.39. The standard InChI is InChI=1S/C18H13ClN2O2S/c1-10-17(18-12-4-2-3-5-15(12)24-20-18)13-8-11(19)6-7-14(13)21(10)9-16(22)23/h2-8H,9H2,1H3,(H,22,23). The second-order valence-electron chi connectivity index (χ2n) is 5.63. The van der Waals surface area contributed by atoms with Crippen LogP contribution in [0, 0.1) is 6.92 Å². The van der Waals surface area contributed by atoms with Crippen molar-refractivity contribution < 1.29 is 9.90 Å². The fourth-order valence-electron chi connectivity index (χ4n) is 3.16. The van der Waals surface area contributed by atoms with E-state index in [1.807, 2.05) is 43.3 Å². The van der Waals surface area contributed by atoms with E-state index in [-0.39, 0.29) is 6.54 Å². The van der Waals surface area contributed by atoms with Gasteiger partial charge in [-0.15, -0.1) is 0 Å². The molecule has 120 valence electrons. The number of aromatic nitrogens is 2. The Balaban J connectivity index is 2.09. The maximum absolute atomic E-state index is 11.3. The first-order valence-electron chi connectivity index (χ1n) is 7.41. The van der Waals surface area contributed by atoms with E-state index in [2.05, 4.69) is 4.37 Å². The number of rotatable bonds is 3. The molecule has 0 aliphatic heterocycles. The Kier molecular flexibility index (Phi) is 3.55. The third-order valence-electron chi connectivity index (χ3n) is 4.19. The molecule has 4 nitrogen and oxygen atoms in total. The zero-order valence-electron chi connectivity index (χ0n) is 12.8. The first-order chi connectivity index (χ1) is 11.6. The number of carbonyl (C=O) groups is 1. The number of fused-ring (bicyclic) bond motifs is 2. The van der Waals surface area contributed by atoms with Crippen molar-refractivity contribution in [1.29, 1.82) is 0 Å². The van der Waals surface area contributed by atoms with Gasteiger partial charge in [0.1, 0.15) is 6.54 Å². The average Bonchev–Trinajstić information content (AvgIpc) is 3.07. The van der Waals surface area contributed by atoms with Crippen LogP contribution in [0.5, 0.6) is 0 Å². The Morgan fingerprint density at radius 1 is 1.25 bits per heavy atom. The predicted molar refractivity (Wildman–Crippen MR) is 97.9 cm³/mol. The van der Waals surface area contributed by atoms with Crippen LogP contribution in [0.3, 0.4) is 0 Å². The number of carboxylic acids is 1. The summed E-state index contributed by atoms with van der Waals surface area (Å²) < 4.78 is 7.54. The molecule has 0 saturated heterocycles. The predicted octanol–water partition coefficient (Wildman–Crippen LogP) is 4.96. The topological polar surface area (TPSA) is 55.1 Å². The minimum Gasteiger partial charge on any atom is -0.480 e. The largest absolute Gasteiger partial charge is 0.480 e. The van der Waals surface area contributed by atoms with Gasteiger partial charge in [-0.25, -0.2) is 0 Å². The smallest absolute Gasteiger partial charge is 0.323 e. The lowest BCUT2D eigenvalue weighted by Gasteiger charge is -2.05. The summed E-state index contributed by atoms with van der Waals surface area (Å²) in [4.78, 5) is 11.3. The fraction of sp³-hybridized carbons (Fsp3) is 0.111. The third-order valence-corrected chi connectivity index (χ3v) is 5.25. The Morgan fingerprint density at radius 2 is 2.04 bits per heavy atom. The summed E-state index contributed by atoms with van der Waals surface area (Å²) in [7, 11) is 0. The molecule has 0 unspecified atom stereocenters. The number of nitrogens with zero attached hydrogens (tertiary/aromatic N) is 2. The molecule has 0 radical (unpaired) electrons. The zero-order valence-corrected chi connectivity index (χ0v) is 14.4. The fourth-order valence-corrected chi connectivity index (χ4v) is 4.11. The van der Waals surface area contributed by atoms with E-state index < -0.39 is 5.97 Å². The molecule has 0 fully saturated rings. The normalized spacial score (nSPS) is 11.4. The summed E-state index contributed by atoms with van der Waals surface area (Å²) in [6, 6.07) is 13.6. The Hall–Kier alpha value is -2.37. The number of hydrogen-bond acceptors (Lipinski definition) is 3. The molecule has 0 aliphatic carbocycles. The molecule has 4 aromatic rings. The van der Waals surface area contributed by atoms with Crippen LogP contribution in [-0.2, 0) is 11.3 Å². The molecule has 0 atom stereocenters. The molecule has 0 aliphatic rings. The first kappa shape index (κ1) is 15.2. The highest BCUT2D eigenvalue weighted by molar-refractivity contribution is 7.13. The van der Waals surface area contributed by atoms with E-state index >= 15 is 0 Å². The van der Waals surface area contributed by atoms with Crippen LogP contribution in [0.25, 0.3) is 32.2 Å². The lowest BCUT2D eigenvalue weighted by Crippen LogP contribution is -2.09. The molecule has 24 heavy (non-hydrogen) atoms. The van der Waals surface area contributed by atoms with E-state index in [1.54, 1.807) is 10.6 Å².